The zero-order valence-corrected chi connectivity index (χ0v) is 80.4. The fraction of sp³-hybridized carbons (Fsp3) is 0.831. The molecule has 8 amide bonds. The Morgan fingerprint density at radius 3 is 1.36 bits per heavy atom. The molecule has 706 valence electrons. The maximum atomic E-state index is 13.1. The van der Waals surface area contributed by atoms with E-state index in [0.29, 0.717) is 141 Å². The first-order chi connectivity index (χ1) is 57.8. The highest BCUT2D eigenvalue weighted by atomic mass is 32.2. The van der Waals surface area contributed by atoms with Crippen molar-refractivity contribution in [2.24, 2.45) is 29.6 Å². The van der Waals surface area contributed by atoms with Crippen molar-refractivity contribution in [2.45, 2.75) is 369 Å². The summed E-state index contributed by atoms with van der Waals surface area (Å²) < 4.78 is 71.7. The molecule has 5 aliphatic heterocycles. The number of nitrogens with zero attached hydrogens (tertiary/aromatic N) is 5. The summed E-state index contributed by atoms with van der Waals surface area (Å²) in [5.41, 5.74) is 0.844. The van der Waals surface area contributed by atoms with Crippen LogP contribution < -0.4 is 21.3 Å². The van der Waals surface area contributed by atoms with Crippen LogP contribution in [0.2, 0.25) is 0 Å². The number of amides is 8. The van der Waals surface area contributed by atoms with Gasteiger partial charge in [0.2, 0.25) is 47.3 Å². The number of ketones is 1. The minimum Gasteiger partial charge on any atom is -0.508 e. The number of benzene rings is 1. The number of Topliss-reactive ketones (excluding diaryl/α,β-unsaturated/α-hetero) is 1. The molecule has 0 aromatic heterocycles. The number of hydrogen-bond donors (Lipinski definition) is 7. The van der Waals surface area contributed by atoms with Gasteiger partial charge >= 0.3 is 15.6 Å². The second-order valence-corrected chi connectivity index (χ2v) is 41.5. The Labute approximate surface area is 739 Å². The molecule has 5 heterocycles. The van der Waals surface area contributed by atoms with E-state index in [4.69, 9.17) is 37.0 Å². The highest BCUT2D eigenvalue weighted by Gasteiger charge is 2.46. The first-order valence-corrected chi connectivity index (χ1v) is 49.7. The van der Waals surface area contributed by atoms with Gasteiger partial charge in [0, 0.05) is 121 Å². The van der Waals surface area contributed by atoms with E-state index in [1.54, 1.807) is 55.6 Å². The molecule has 12 atom stereocenters. The average molecular weight is 1800 g/mol. The minimum absolute atomic E-state index is 0.00624. The average Bonchev–Trinajstić information content (AvgIpc) is 1.70. The number of imide groups is 1. The number of phosphoric ester groups is 2. The lowest BCUT2D eigenvalue weighted by molar-refractivity contribution is -0.140. The van der Waals surface area contributed by atoms with Gasteiger partial charge in [-0.05, 0) is 181 Å². The summed E-state index contributed by atoms with van der Waals surface area (Å²) in [5, 5.41) is 21.6. The van der Waals surface area contributed by atoms with Crippen LogP contribution in [0.15, 0.2) is 24.3 Å². The number of phenolic OH excluding ortho intramolecular Hbond substituents is 1. The Hall–Kier alpha value is -5.02. The normalized spacial score (nSPS) is 23.8. The number of carbonyl (C=O) groups is 9. The van der Waals surface area contributed by atoms with E-state index < -0.39 is 39.9 Å². The van der Waals surface area contributed by atoms with Crippen LogP contribution in [0.5, 0.6) is 5.75 Å². The lowest BCUT2D eigenvalue weighted by Gasteiger charge is -2.31. The highest BCUT2D eigenvalue weighted by Crippen LogP contribution is 2.49. The van der Waals surface area contributed by atoms with Gasteiger partial charge in [-0.1, -0.05) is 94.2 Å². The predicted octanol–water partition coefficient (Wildman–Crippen LogP) is 11.9. The third-order valence-electron chi connectivity index (χ3n) is 22.4. The van der Waals surface area contributed by atoms with Gasteiger partial charge in [0.05, 0.1) is 105 Å². The van der Waals surface area contributed by atoms with Gasteiger partial charge < -0.3 is 74.7 Å². The monoisotopic (exact) mass is 1800 g/mol. The number of phosphoric acid groups is 2. The van der Waals surface area contributed by atoms with E-state index in [1.165, 1.54) is 4.90 Å². The Morgan fingerprint density at radius 1 is 0.504 bits per heavy atom. The van der Waals surface area contributed by atoms with Gasteiger partial charge in [0.15, 0.2) is 0 Å². The van der Waals surface area contributed by atoms with Crippen molar-refractivity contribution in [3.63, 3.8) is 0 Å². The minimum atomic E-state index is -4.51. The van der Waals surface area contributed by atoms with Gasteiger partial charge in [0.25, 0.3) is 0 Å². The molecule has 34 heteroatoms. The summed E-state index contributed by atoms with van der Waals surface area (Å²) in [4.78, 5) is 145. The fourth-order valence-corrected chi connectivity index (χ4v) is 19.3. The van der Waals surface area contributed by atoms with Crippen LogP contribution in [-0.2, 0) is 95.7 Å². The molecular weight excluding hydrogens is 1640 g/mol. The Balaban J connectivity index is 0.000000328. The van der Waals surface area contributed by atoms with Gasteiger partial charge in [0.1, 0.15) is 17.6 Å². The van der Waals surface area contributed by atoms with Gasteiger partial charge in [-0.15, -0.1) is 11.8 Å². The van der Waals surface area contributed by atoms with Crippen LogP contribution in [0.4, 0.5) is 0 Å². The maximum Gasteiger partial charge on any atom is 0.472 e. The standard InChI is InChI=1S/C30H56N3O9P.C30H58N3O8P.C29H43N3O5S/c1-20(2)28(34)10-9-11-29(35)32-16-26(41-23(7)8)14-25(32)19-40-43(37,38)42-27-15-24(18-39-22(5)6)33(17-27)30(36)12-13-31-21(3)4;1-21(2)11-9-10-12-29(34)32-17-27(40-24(7)8)15-26(32)20-39-42(36,37)41-28-16-25(19-38-23(5)6)33(18-28)30(35)13-14-31-22(3)4;1-18(2)13-14-38-25-16-26(34)32(29(25)37)17-21-5-9-22(10-6-21)27(35)31-24(28(36)30-19(3)4)15-20-7-11-23(33)12-8-20/h20-27,31H,9-19H2,1-8H3,(H,37,38);21-28,31H,9-20H2,1-8H3,(H,36,37);7-8,11-12,18-19,21-22,24-25,33H,5-6,9-10,13-17H2,1-4H3,(H,30,36)(H,31,35)/t24-,25-,26+,27+;25-,26-,27+,28+;/m00./s1. The number of ether oxygens (including phenoxy) is 4. The van der Waals surface area contributed by atoms with Crippen LogP contribution in [0.3, 0.4) is 0 Å². The summed E-state index contributed by atoms with van der Waals surface area (Å²) in [5.74, 6) is 1.49. The summed E-state index contributed by atoms with van der Waals surface area (Å²) in [6.45, 7) is 42.5. The predicted molar refractivity (Wildman–Crippen MR) is 476 cm³/mol. The highest BCUT2D eigenvalue weighted by molar-refractivity contribution is 8.00. The van der Waals surface area contributed by atoms with Crippen molar-refractivity contribution < 1.29 is 104 Å². The summed E-state index contributed by atoms with van der Waals surface area (Å²) in [6, 6.07) is 5.01. The Bertz CT molecular complexity index is 3500. The summed E-state index contributed by atoms with van der Waals surface area (Å²) in [7, 11) is -8.97. The van der Waals surface area contributed by atoms with E-state index >= 15 is 0 Å². The largest absolute Gasteiger partial charge is 0.508 e. The number of unbranched alkanes of at least 4 members (excludes halogenated alkanes) is 1. The second kappa shape index (κ2) is 54.5. The van der Waals surface area contributed by atoms with E-state index in [2.05, 4.69) is 49.0 Å². The van der Waals surface area contributed by atoms with Gasteiger partial charge in [-0.3, -0.25) is 66.1 Å². The summed E-state index contributed by atoms with van der Waals surface area (Å²) >= 11 is 1.60. The molecule has 0 bridgehead atoms. The Morgan fingerprint density at radius 2 is 0.935 bits per heavy atom. The van der Waals surface area contributed by atoms with Crippen LogP contribution in [0.1, 0.15) is 266 Å². The molecule has 0 spiro atoms. The first kappa shape index (κ1) is 109. The lowest BCUT2D eigenvalue weighted by Crippen LogP contribution is -2.51. The molecule has 6 fully saturated rings. The third-order valence-corrected chi connectivity index (χ3v) is 25.7. The number of carbonyl (C=O) groups excluding carboxylic acids is 9. The zero-order chi connectivity index (χ0) is 91.6. The van der Waals surface area contributed by atoms with Crippen molar-refractivity contribution in [1.82, 2.24) is 45.8 Å². The molecule has 1 aromatic rings. The molecule has 1 aromatic carbocycles. The zero-order valence-electron chi connectivity index (χ0n) is 77.8. The number of likely N-dealkylation sites (tertiary alicyclic amines) is 5. The van der Waals surface area contributed by atoms with E-state index in [-0.39, 0.29) is 187 Å². The van der Waals surface area contributed by atoms with E-state index in [9.17, 15) is 67.2 Å². The maximum absolute atomic E-state index is 13.1. The molecular formula is C89H157N9O22P2S. The molecule has 31 nitrogen and oxygen atoms in total. The smallest absolute Gasteiger partial charge is 0.472 e. The molecule has 4 unspecified atom stereocenters. The molecule has 1 aliphatic carbocycles. The number of thioether (sulfide) groups is 1. The topological polar surface area (TPSA) is 387 Å². The van der Waals surface area contributed by atoms with Crippen LogP contribution in [0, 0.1) is 29.6 Å². The first-order valence-electron chi connectivity index (χ1n) is 45.6. The molecule has 7 N–H and O–H groups in total. The van der Waals surface area contributed by atoms with Gasteiger partial charge in [-0.2, -0.15) is 0 Å². The Kier molecular flexibility index (Phi) is 48.0. The molecule has 123 heavy (non-hydrogen) atoms. The number of hydrogen-bond acceptors (Lipinski definition) is 23. The molecule has 5 saturated heterocycles. The quantitative estimate of drug-likeness (QED) is 0.0181. The summed E-state index contributed by atoms with van der Waals surface area (Å²) in [6.07, 6.45) is 9.32. The number of nitrogens with one attached hydrogen (secondary N) is 4. The number of rotatable bonds is 50. The third kappa shape index (κ3) is 41.1. The number of phenols is 1. The molecule has 0 radical (unpaired) electrons. The van der Waals surface area contributed by atoms with Crippen LogP contribution >= 0.6 is 27.4 Å². The second-order valence-electron chi connectivity index (χ2n) is 37.3. The van der Waals surface area contributed by atoms with Gasteiger partial charge in [-0.25, -0.2) is 9.13 Å². The fourth-order valence-electron chi connectivity index (χ4n) is 16.0. The number of aromatic hydroxyl groups is 1. The van der Waals surface area contributed by atoms with Crippen molar-refractivity contribution >= 4 is 80.4 Å². The van der Waals surface area contributed by atoms with Crippen molar-refractivity contribution in [3.8, 4) is 5.75 Å². The SMILES string of the molecule is CC(C)CCCCC(=O)N1C[C@H](OC(C)C)C[C@H]1COP(=O)(O)O[C@@H]1C[C@@H](COC(C)C)N(C(=O)CCNC(C)C)C1.CC(C)CCSC1CC(=O)N(CC2CCC(C(=O)NC(Cc3ccc(O)cc3)C(=O)NC(C)C)CC2)C1=O.CC(C)NCCC(=O)N1C[C@H](OP(=O)(O)OC[C@@H]2C[C@@H](OC(C)C)CN2C(=O)CCCC(=O)C(C)C)C[C@H]1COC(C)C. The molecule has 1 saturated carbocycles. The lowest BCUT2D eigenvalue weighted by atomic mass is 9.81. The van der Waals surface area contributed by atoms with E-state index in [1.807, 2.05) is 111 Å². The van der Waals surface area contributed by atoms with Crippen molar-refractivity contribution in [3.05, 3.63) is 29.8 Å². The van der Waals surface area contributed by atoms with E-state index in [0.717, 1.165) is 49.8 Å². The van der Waals surface area contributed by atoms with Crippen LogP contribution in [-0.4, -0.2) is 273 Å². The van der Waals surface area contributed by atoms with Crippen LogP contribution in [0.25, 0.3) is 0 Å². The van der Waals surface area contributed by atoms with Crippen molar-refractivity contribution in [2.75, 3.05) is 78.0 Å². The van der Waals surface area contributed by atoms with Crippen molar-refractivity contribution in [1.29, 1.82) is 0 Å². The molecule has 7 rings (SSSR count). The molecule has 6 aliphatic rings.